The molecule has 226 valence electrons. The molecule has 0 N–H and O–H groups in total. The average molecular weight is 624 g/mol. The molecule has 2 heterocycles. The molecule has 0 fully saturated rings. The van der Waals surface area contributed by atoms with Gasteiger partial charge in [-0.05, 0) is 54.1 Å². The number of nitrogens with zero attached hydrogens (tertiary/aromatic N) is 3. The molecular weight excluding hydrogens is 597 g/mol. The Morgan fingerprint density at radius 1 is 1.00 bits per heavy atom. The summed E-state index contributed by atoms with van der Waals surface area (Å²) in [6.45, 7) is 9.22. The van der Waals surface area contributed by atoms with E-state index in [0.717, 1.165) is 10.6 Å². The Kier molecular flexibility index (Phi) is 7.38. The van der Waals surface area contributed by atoms with Crippen molar-refractivity contribution in [3.05, 3.63) is 95.6 Å². The van der Waals surface area contributed by atoms with E-state index >= 15 is 0 Å². The first kappa shape index (κ1) is 29.6. The first-order valence-electron chi connectivity index (χ1n) is 13.8. The van der Waals surface area contributed by atoms with E-state index in [1.54, 1.807) is 55.5 Å². The number of carbonyl (C=O) groups excluding carboxylic acids is 1. The van der Waals surface area contributed by atoms with Gasteiger partial charge in [0, 0.05) is 36.0 Å². The molecule has 0 aliphatic rings. The molecule has 0 saturated carbocycles. The Bertz CT molecular complexity index is 2280. The third kappa shape index (κ3) is 5.19. The Hall–Kier alpha value is -5.47. The Morgan fingerprint density at radius 2 is 1.73 bits per heavy atom. The first-order valence-corrected chi connectivity index (χ1v) is 15.7. The molecule has 0 aliphatic heterocycles. The summed E-state index contributed by atoms with van der Waals surface area (Å²) in [6.07, 6.45) is 1.27. The fourth-order valence-corrected chi connectivity index (χ4v) is 5.75. The molecule has 0 unspecified atom stereocenters. The van der Waals surface area contributed by atoms with Crippen LogP contribution < -0.4 is 9.04 Å². The molecule has 0 saturated heterocycles. The van der Waals surface area contributed by atoms with E-state index in [4.69, 9.17) is 20.1 Å². The standard InChI is InChI=1S/C34H26FN3O6S/c1-6-27(39)31-23-17-22(26(38(3)45(5,40)41)18-30(23)43-33(31)19-10-13-21(35)14-11-19)20-12-15-28(42-4)24(16-20)34-37-32-25(36-2)8-7-9-29(32)44-34/h7-18H,6H2,1,3-5H3. The number of halogens is 1. The number of para-hydroxylation sites is 1. The van der Waals surface area contributed by atoms with Gasteiger partial charge in [0.1, 0.15) is 34.0 Å². The number of benzene rings is 4. The molecule has 0 amide bonds. The van der Waals surface area contributed by atoms with Crippen LogP contribution in [0.4, 0.5) is 15.8 Å². The van der Waals surface area contributed by atoms with Gasteiger partial charge in [0.25, 0.3) is 0 Å². The second-order valence-electron chi connectivity index (χ2n) is 10.4. The summed E-state index contributed by atoms with van der Waals surface area (Å²) >= 11 is 0. The van der Waals surface area contributed by atoms with Gasteiger partial charge in [-0.2, -0.15) is 0 Å². The fourth-order valence-electron chi connectivity index (χ4n) is 5.24. The summed E-state index contributed by atoms with van der Waals surface area (Å²) in [5, 5.41) is 0.475. The SMILES string of the molecule is [C-]#[N+]c1cccc2oc(-c3cc(-c4cc5c(C(=O)CC)c(-c6ccc(F)cc6)oc5cc4N(C)S(C)(=O)=O)ccc3OC)nc12. The number of carbonyl (C=O) groups is 1. The number of Topliss-reactive ketones (excluding diaryl/α,β-unsaturated/α-hetero) is 1. The molecule has 0 bridgehead atoms. The monoisotopic (exact) mass is 623 g/mol. The van der Waals surface area contributed by atoms with E-state index in [2.05, 4.69) is 9.83 Å². The van der Waals surface area contributed by atoms with Gasteiger partial charge >= 0.3 is 0 Å². The number of methoxy groups -OCH3 is 1. The first-order chi connectivity index (χ1) is 21.5. The number of fused-ring (bicyclic) bond motifs is 2. The average Bonchev–Trinajstić information content (AvgIpc) is 3.64. The molecule has 45 heavy (non-hydrogen) atoms. The number of sulfonamides is 1. The van der Waals surface area contributed by atoms with Crippen LogP contribution in [0.2, 0.25) is 0 Å². The van der Waals surface area contributed by atoms with Crippen molar-refractivity contribution in [2.45, 2.75) is 13.3 Å². The largest absolute Gasteiger partial charge is 0.496 e. The van der Waals surface area contributed by atoms with Crippen LogP contribution in [0.15, 0.2) is 81.6 Å². The van der Waals surface area contributed by atoms with Gasteiger partial charge in [-0.3, -0.25) is 9.10 Å². The van der Waals surface area contributed by atoms with Crippen molar-refractivity contribution in [1.82, 2.24) is 4.98 Å². The van der Waals surface area contributed by atoms with E-state index in [1.165, 1.54) is 38.4 Å². The van der Waals surface area contributed by atoms with Gasteiger partial charge in [-0.25, -0.2) is 22.6 Å². The molecule has 11 heteroatoms. The van der Waals surface area contributed by atoms with Crippen molar-refractivity contribution in [3.63, 3.8) is 0 Å². The predicted molar refractivity (Wildman–Crippen MR) is 171 cm³/mol. The van der Waals surface area contributed by atoms with Gasteiger partial charge in [0.05, 0.1) is 36.8 Å². The number of furan rings is 1. The van der Waals surface area contributed by atoms with Crippen LogP contribution in [-0.2, 0) is 10.0 Å². The van der Waals surface area contributed by atoms with Crippen molar-refractivity contribution < 1.29 is 31.2 Å². The molecular formula is C34H26FN3O6S. The number of hydrogen-bond donors (Lipinski definition) is 0. The zero-order valence-corrected chi connectivity index (χ0v) is 25.5. The Balaban J connectivity index is 1.64. The Labute approximate surface area is 258 Å². The lowest BCUT2D eigenvalue weighted by Crippen LogP contribution is -2.25. The molecule has 2 aromatic heterocycles. The van der Waals surface area contributed by atoms with Crippen molar-refractivity contribution in [1.29, 1.82) is 0 Å². The zero-order valence-electron chi connectivity index (χ0n) is 24.7. The number of hydrogen-bond acceptors (Lipinski definition) is 7. The maximum absolute atomic E-state index is 13.7. The van der Waals surface area contributed by atoms with Crippen molar-refractivity contribution in [3.8, 4) is 39.7 Å². The van der Waals surface area contributed by atoms with E-state index < -0.39 is 15.8 Å². The van der Waals surface area contributed by atoms with Gasteiger partial charge in [0.2, 0.25) is 21.6 Å². The summed E-state index contributed by atoms with van der Waals surface area (Å²) in [4.78, 5) is 21.5. The van der Waals surface area contributed by atoms with Crippen LogP contribution >= 0.6 is 0 Å². The lowest BCUT2D eigenvalue weighted by Gasteiger charge is -2.21. The van der Waals surface area contributed by atoms with Crippen LogP contribution in [0, 0.1) is 12.4 Å². The molecule has 0 spiro atoms. The van der Waals surface area contributed by atoms with E-state index in [9.17, 15) is 17.6 Å². The van der Waals surface area contributed by atoms with E-state index in [1.807, 2.05) is 0 Å². The summed E-state index contributed by atoms with van der Waals surface area (Å²) in [5.41, 5.74) is 4.11. The highest BCUT2D eigenvalue weighted by Crippen LogP contribution is 2.44. The molecule has 6 aromatic rings. The molecule has 6 rings (SSSR count). The van der Waals surface area contributed by atoms with Crippen molar-refractivity contribution in [2.75, 3.05) is 24.7 Å². The number of ketones is 1. The molecule has 4 aromatic carbocycles. The van der Waals surface area contributed by atoms with Crippen LogP contribution in [0.25, 0.3) is 60.8 Å². The smallest absolute Gasteiger partial charge is 0.232 e. The van der Waals surface area contributed by atoms with Gasteiger partial charge < -0.3 is 13.6 Å². The minimum absolute atomic E-state index is 0.181. The summed E-state index contributed by atoms with van der Waals surface area (Å²) < 4.78 is 58.3. The third-order valence-corrected chi connectivity index (χ3v) is 8.80. The fraction of sp³-hybridized carbons (Fsp3) is 0.147. The summed E-state index contributed by atoms with van der Waals surface area (Å²) in [7, 11) is -0.802. The topological polar surface area (TPSA) is 107 Å². The van der Waals surface area contributed by atoms with Gasteiger partial charge in [-0.15, -0.1) is 0 Å². The number of rotatable bonds is 8. The normalized spacial score (nSPS) is 11.6. The van der Waals surface area contributed by atoms with Gasteiger partial charge in [-0.1, -0.05) is 25.1 Å². The zero-order chi connectivity index (χ0) is 32.0. The molecule has 0 atom stereocenters. The number of ether oxygens (including phenoxy) is 1. The van der Waals surface area contributed by atoms with Gasteiger partial charge in [0.15, 0.2) is 5.78 Å². The van der Waals surface area contributed by atoms with Crippen LogP contribution in [0.1, 0.15) is 23.7 Å². The number of aromatic nitrogens is 1. The summed E-state index contributed by atoms with van der Waals surface area (Å²) in [6, 6.07) is 19.2. The Morgan fingerprint density at radius 3 is 2.40 bits per heavy atom. The number of oxazole rings is 1. The highest BCUT2D eigenvalue weighted by Gasteiger charge is 2.26. The minimum Gasteiger partial charge on any atom is -0.496 e. The highest BCUT2D eigenvalue weighted by atomic mass is 32.2. The molecule has 0 radical (unpaired) electrons. The van der Waals surface area contributed by atoms with E-state index in [0.29, 0.717) is 67.0 Å². The lowest BCUT2D eigenvalue weighted by atomic mass is 9.95. The molecule has 9 nitrogen and oxygen atoms in total. The van der Waals surface area contributed by atoms with E-state index in [-0.39, 0.29) is 23.9 Å². The van der Waals surface area contributed by atoms with Crippen molar-refractivity contribution in [2.24, 2.45) is 0 Å². The van der Waals surface area contributed by atoms with Crippen molar-refractivity contribution >= 4 is 49.3 Å². The minimum atomic E-state index is -3.74. The quantitative estimate of drug-likeness (QED) is 0.124. The second-order valence-corrected chi connectivity index (χ2v) is 12.4. The van der Waals surface area contributed by atoms with Crippen LogP contribution in [0.3, 0.4) is 0 Å². The summed E-state index contributed by atoms with van der Waals surface area (Å²) in [5.74, 6) is 0.289. The van der Waals surface area contributed by atoms with Crippen LogP contribution in [-0.4, -0.2) is 39.6 Å². The number of anilines is 1. The molecule has 0 aliphatic carbocycles. The highest BCUT2D eigenvalue weighted by molar-refractivity contribution is 7.92. The maximum Gasteiger partial charge on any atom is 0.232 e. The van der Waals surface area contributed by atoms with Crippen LogP contribution in [0.5, 0.6) is 5.75 Å². The maximum atomic E-state index is 13.7. The third-order valence-electron chi connectivity index (χ3n) is 7.61. The second kappa shape index (κ2) is 11.2. The predicted octanol–water partition coefficient (Wildman–Crippen LogP) is 8.26. The lowest BCUT2D eigenvalue weighted by molar-refractivity contribution is 0.0989.